The summed E-state index contributed by atoms with van der Waals surface area (Å²) in [6.45, 7) is 1.66. The minimum absolute atomic E-state index is 0.206. The summed E-state index contributed by atoms with van der Waals surface area (Å²) in [7, 11) is 1.53. The number of hydrogen-bond donors (Lipinski definition) is 1. The highest BCUT2D eigenvalue weighted by atomic mass is 19.1. The first-order chi connectivity index (χ1) is 12.5. The molecule has 1 heterocycles. The smallest absolute Gasteiger partial charge is 0.325 e. The second kappa shape index (κ2) is 7.70. The van der Waals surface area contributed by atoms with Gasteiger partial charge in [0.1, 0.15) is 23.4 Å². The quantitative estimate of drug-likeness (QED) is 0.886. The van der Waals surface area contributed by atoms with Crippen LogP contribution in [-0.4, -0.2) is 49.3 Å². The zero-order valence-corrected chi connectivity index (χ0v) is 14.4. The fraction of sp³-hybridized carbons (Fsp3) is 0.316. The molecule has 1 N–H and O–H groups in total. The lowest BCUT2D eigenvalue weighted by atomic mass is 10.0. The molecule has 1 fully saturated rings. The molecule has 0 amide bonds. The molecule has 1 atom stereocenters. The number of carboxylic acids is 1. The first kappa shape index (κ1) is 18.1. The Hall–Kier alpha value is -2.67. The highest BCUT2D eigenvalue weighted by Gasteiger charge is 2.31. The highest BCUT2D eigenvalue weighted by molar-refractivity contribution is 5.75. The normalized spacial score (nSPS) is 16.3. The summed E-state index contributed by atoms with van der Waals surface area (Å²) in [4.78, 5) is 15.4. The van der Waals surface area contributed by atoms with Crippen LogP contribution in [-0.2, 0) is 4.79 Å². The molecule has 138 valence electrons. The fourth-order valence-corrected chi connectivity index (χ4v) is 3.27. The molecule has 3 rings (SSSR count). The van der Waals surface area contributed by atoms with E-state index in [-0.39, 0.29) is 5.69 Å². The number of carbonyl (C=O) groups is 1. The Morgan fingerprint density at radius 2 is 1.85 bits per heavy atom. The first-order valence-corrected chi connectivity index (χ1v) is 8.30. The van der Waals surface area contributed by atoms with Gasteiger partial charge in [-0.1, -0.05) is 12.1 Å². The van der Waals surface area contributed by atoms with Crippen LogP contribution in [0.2, 0.25) is 0 Å². The van der Waals surface area contributed by atoms with Crippen LogP contribution in [0.25, 0.3) is 0 Å². The SMILES string of the molecule is COc1cccc(C(C(=O)O)N2CCN(c3cc(F)ccc3F)CC2)c1. The van der Waals surface area contributed by atoms with Gasteiger partial charge >= 0.3 is 5.97 Å². The third-order valence-electron chi connectivity index (χ3n) is 4.57. The number of aliphatic carboxylic acids is 1. The number of anilines is 1. The number of hydrogen-bond acceptors (Lipinski definition) is 4. The van der Waals surface area contributed by atoms with E-state index in [1.54, 1.807) is 29.2 Å². The van der Waals surface area contributed by atoms with Gasteiger partial charge in [0.05, 0.1) is 12.8 Å². The number of nitrogens with zero attached hydrogens (tertiary/aromatic N) is 2. The summed E-state index contributed by atoms with van der Waals surface area (Å²) in [6.07, 6.45) is 0. The Labute approximate surface area is 150 Å². The number of rotatable bonds is 5. The summed E-state index contributed by atoms with van der Waals surface area (Å²) in [5.41, 5.74) is 0.833. The lowest BCUT2D eigenvalue weighted by molar-refractivity contribution is -0.143. The van der Waals surface area contributed by atoms with Gasteiger partial charge in [-0.15, -0.1) is 0 Å². The summed E-state index contributed by atoms with van der Waals surface area (Å²) in [5, 5.41) is 9.70. The van der Waals surface area contributed by atoms with Gasteiger partial charge in [0.2, 0.25) is 0 Å². The van der Waals surface area contributed by atoms with Gasteiger partial charge in [0.25, 0.3) is 0 Å². The van der Waals surface area contributed by atoms with Crippen LogP contribution in [0.3, 0.4) is 0 Å². The van der Waals surface area contributed by atoms with Crippen molar-refractivity contribution in [2.75, 3.05) is 38.2 Å². The van der Waals surface area contributed by atoms with E-state index in [9.17, 15) is 18.7 Å². The average Bonchev–Trinajstić information content (AvgIpc) is 2.64. The van der Waals surface area contributed by atoms with E-state index in [1.807, 2.05) is 4.90 Å². The van der Waals surface area contributed by atoms with Gasteiger partial charge in [-0.25, -0.2) is 8.78 Å². The number of methoxy groups -OCH3 is 1. The molecule has 0 aliphatic carbocycles. The lowest BCUT2D eigenvalue weighted by Gasteiger charge is -2.39. The summed E-state index contributed by atoms with van der Waals surface area (Å²) in [6, 6.07) is 9.50. The predicted molar refractivity (Wildman–Crippen MR) is 93.5 cm³/mol. The molecule has 0 aromatic heterocycles. The third kappa shape index (κ3) is 3.77. The molecule has 1 saturated heterocycles. The van der Waals surface area contributed by atoms with E-state index in [2.05, 4.69) is 0 Å². The number of ether oxygens (including phenoxy) is 1. The molecule has 0 saturated carbocycles. The van der Waals surface area contributed by atoms with Crippen molar-refractivity contribution in [1.29, 1.82) is 0 Å². The van der Waals surface area contributed by atoms with Gasteiger partial charge in [-0.3, -0.25) is 9.69 Å². The zero-order chi connectivity index (χ0) is 18.7. The predicted octanol–water partition coefficient (Wildman–Crippen LogP) is 2.92. The maximum atomic E-state index is 14.0. The Morgan fingerprint density at radius 3 is 2.50 bits per heavy atom. The van der Waals surface area contributed by atoms with Gasteiger partial charge in [0.15, 0.2) is 0 Å². The summed E-state index contributed by atoms with van der Waals surface area (Å²) >= 11 is 0. The zero-order valence-electron chi connectivity index (χ0n) is 14.4. The molecule has 0 spiro atoms. The van der Waals surface area contributed by atoms with Crippen molar-refractivity contribution >= 4 is 11.7 Å². The van der Waals surface area contributed by atoms with Crippen molar-refractivity contribution in [2.45, 2.75) is 6.04 Å². The summed E-state index contributed by atoms with van der Waals surface area (Å²) in [5.74, 6) is -1.34. The van der Waals surface area contributed by atoms with Crippen molar-refractivity contribution in [2.24, 2.45) is 0 Å². The van der Waals surface area contributed by atoms with Crippen LogP contribution in [0.5, 0.6) is 5.75 Å². The van der Waals surface area contributed by atoms with E-state index in [4.69, 9.17) is 4.74 Å². The molecule has 1 unspecified atom stereocenters. The van der Waals surface area contributed by atoms with Crippen molar-refractivity contribution < 1.29 is 23.4 Å². The Kier molecular flexibility index (Phi) is 5.37. The molecule has 0 bridgehead atoms. The molecule has 1 aliphatic rings. The van der Waals surface area contributed by atoms with E-state index in [0.29, 0.717) is 37.5 Å². The fourth-order valence-electron chi connectivity index (χ4n) is 3.27. The minimum Gasteiger partial charge on any atom is -0.497 e. The topological polar surface area (TPSA) is 53.0 Å². The van der Waals surface area contributed by atoms with Crippen molar-refractivity contribution in [3.05, 3.63) is 59.7 Å². The second-order valence-corrected chi connectivity index (χ2v) is 6.14. The molecule has 0 radical (unpaired) electrons. The number of carboxylic acid groups (broad SMARTS) is 1. The molecule has 1 aliphatic heterocycles. The Balaban J connectivity index is 1.76. The average molecular weight is 362 g/mol. The maximum Gasteiger partial charge on any atom is 0.325 e. The van der Waals surface area contributed by atoms with Gasteiger partial charge in [-0.2, -0.15) is 0 Å². The highest BCUT2D eigenvalue weighted by Crippen LogP contribution is 2.28. The molecule has 26 heavy (non-hydrogen) atoms. The maximum absolute atomic E-state index is 14.0. The van der Waals surface area contributed by atoms with Crippen LogP contribution in [0.15, 0.2) is 42.5 Å². The molecular formula is C19H20F2N2O3. The summed E-state index contributed by atoms with van der Waals surface area (Å²) < 4.78 is 32.5. The molecule has 2 aromatic carbocycles. The van der Waals surface area contributed by atoms with Crippen molar-refractivity contribution in [3.8, 4) is 5.75 Å². The molecular weight excluding hydrogens is 342 g/mol. The van der Waals surface area contributed by atoms with Crippen molar-refractivity contribution in [3.63, 3.8) is 0 Å². The van der Waals surface area contributed by atoms with Gasteiger partial charge in [0, 0.05) is 32.2 Å². The van der Waals surface area contributed by atoms with Crippen LogP contribution < -0.4 is 9.64 Å². The van der Waals surface area contributed by atoms with E-state index < -0.39 is 23.6 Å². The first-order valence-electron chi connectivity index (χ1n) is 8.30. The minimum atomic E-state index is -0.955. The van der Waals surface area contributed by atoms with Crippen LogP contribution >= 0.6 is 0 Å². The van der Waals surface area contributed by atoms with Crippen LogP contribution in [0, 0.1) is 11.6 Å². The van der Waals surface area contributed by atoms with Crippen molar-refractivity contribution in [1.82, 2.24) is 4.90 Å². The van der Waals surface area contributed by atoms with E-state index >= 15 is 0 Å². The van der Waals surface area contributed by atoms with Crippen LogP contribution in [0.4, 0.5) is 14.5 Å². The molecule has 2 aromatic rings. The standard InChI is InChI=1S/C19H20F2N2O3/c1-26-15-4-2-3-13(11-15)18(19(24)25)23-9-7-22(8-10-23)17-12-14(20)5-6-16(17)21/h2-6,11-12,18H,7-10H2,1H3,(H,24,25). The Bertz CT molecular complexity index is 792. The molecule has 7 heteroatoms. The Morgan fingerprint density at radius 1 is 1.12 bits per heavy atom. The number of piperazine rings is 1. The van der Waals surface area contributed by atoms with Gasteiger partial charge in [-0.05, 0) is 29.8 Å². The third-order valence-corrected chi connectivity index (χ3v) is 4.57. The van der Waals surface area contributed by atoms with Gasteiger partial charge < -0.3 is 14.7 Å². The monoisotopic (exact) mass is 362 g/mol. The van der Waals surface area contributed by atoms with E-state index in [0.717, 1.165) is 12.1 Å². The second-order valence-electron chi connectivity index (χ2n) is 6.14. The number of halogens is 2. The van der Waals surface area contributed by atoms with E-state index in [1.165, 1.54) is 13.2 Å². The number of benzene rings is 2. The lowest BCUT2D eigenvalue weighted by Crippen LogP contribution is -2.49. The largest absolute Gasteiger partial charge is 0.497 e. The molecule has 5 nitrogen and oxygen atoms in total. The van der Waals surface area contributed by atoms with Crippen LogP contribution in [0.1, 0.15) is 11.6 Å².